The van der Waals surface area contributed by atoms with Crippen molar-refractivity contribution in [1.82, 2.24) is 0 Å². The van der Waals surface area contributed by atoms with E-state index in [0.29, 0.717) is 22.8 Å². The Morgan fingerprint density at radius 3 is 2.80 bits per heavy atom. The minimum atomic E-state index is -0.118. The van der Waals surface area contributed by atoms with E-state index in [1.807, 2.05) is 30.3 Å². The summed E-state index contributed by atoms with van der Waals surface area (Å²) in [6.07, 6.45) is 1.70. The summed E-state index contributed by atoms with van der Waals surface area (Å²) >= 11 is 3.35. The number of para-hydroxylation sites is 1. The Kier molecular flexibility index (Phi) is 3.32. The van der Waals surface area contributed by atoms with Gasteiger partial charge in [0.25, 0.3) is 0 Å². The molecule has 4 heteroatoms. The van der Waals surface area contributed by atoms with Crippen LogP contribution in [0.2, 0.25) is 0 Å². The van der Waals surface area contributed by atoms with Crippen molar-refractivity contribution in [2.24, 2.45) is 0 Å². The number of Topliss-reactive ketones (excluding diaryl/α,β-unsaturated/α-hetero) is 1. The molecule has 3 nitrogen and oxygen atoms in total. The van der Waals surface area contributed by atoms with Crippen molar-refractivity contribution in [1.29, 1.82) is 0 Å². The summed E-state index contributed by atoms with van der Waals surface area (Å²) in [7, 11) is 1.60. The number of halogens is 1. The normalized spacial score (nSPS) is 15.1. The van der Waals surface area contributed by atoms with Crippen LogP contribution < -0.4 is 9.47 Å². The first-order valence-corrected chi connectivity index (χ1v) is 6.85. The molecular formula is C16H11BrO3. The van der Waals surface area contributed by atoms with Gasteiger partial charge < -0.3 is 9.47 Å². The van der Waals surface area contributed by atoms with Gasteiger partial charge in [-0.25, -0.2) is 0 Å². The highest BCUT2D eigenvalue weighted by Gasteiger charge is 2.27. The molecule has 0 bridgehead atoms. The lowest BCUT2D eigenvalue weighted by Gasteiger charge is -2.04. The average molecular weight is 331 g/mol. The molecule has 1 aliphatic rings. The Balaban J connectivity index is 2.01. The molecule has 1 aliphatic heterocycles. The van der Waals surface area contributed by atoms with Crippen LogP contribution in [-0.4, -0.2) is 12.9 Å². The van der Waals surface area contributed by atoms with Crippen LogP contribution >= 0.6 is 15.9 Å². The van der Waals surface area contributed by atoms with Gasteiger partial charge in [0, 0.05) is 10.0 Å². The predicted molar refractivity (Wildman–Crippen MR) is 80.1 cm³/mol. The van der Waals surface area contributed by atoms with Crippen molar-refractivity contribution in [2.75, 3.05) is 7.11 Å². The number of ketones is 1. The maximum absolute atomic E-state index is 12.3. The number of rotatable bonds is 2. The van der Waals surface area contributed by atoms with Crippen molar-refractivity contribution in [3.8, 4) is 11.5 Å². The van der Waals surface area contributed by atoms with Crippen LogP contribution in [0.5, 0.6) is 11.5 Å². The van der Waals surface area contributed by atoms with Gasteiger partial charge in [0.1, 0.15) is 11.5 Å². The highest BCUT2D eigenvalue weighted by Crippen LogP contribution is 2.34. The smallest absolute Gasteiger partial charge is 0.232 e. The first-order chi connectivity index (χ1) is 9.69. The molecule has 0 saturated heterocycles. The zero-order valence-electron chi connectivity index (χ0n) is 10.7. The Morgan fingerprint density at radius 1 is 1.20 bits per heavy atom. The topological polar surface area (TPSA) is 35.5 Å². The average Bonchev–Trinajstić information content (AvgIpc) is 2.76. The molecule has 0 radical (unpaired) electrons. The lowest BCUT2D eigenvalue weighted by molar-refractivity contribution is 0.101. The first-order valence-electron chi connectivity index (χ1n) is 6.06. The summed E-state index contributed by atoms with van der Waals surface area (Å²) in [6, 6.07) is 12.9. The lowest BCUT2D eigenvalue weighted by atomic mass is 10.1. The Labute approximate surface area is 125 Å². The molecule has 0 aliphatic carbocycles. The number of benzene rings is 2. The van der Waals surface area contributed by atoms with Gasteiger partial charge in [-0.3, -0.25) is 4.79 Å². The van der Waals surface area contributed by atoms with Crippen molar-refractivity contribution >= 4 is 27.8 Å². The molecule has 0 spiro atoms. The van der Waals surface area contributed by atoms with Crippen LogP contribution in [0.4, 0.5) is 0 Å². The molecule has 0 aromatic heterocycles. The Bertz CT molecular complexity index is 719. The van der Waals surface area contributed by atoms with E-state index < -0.39 is 0 Å². The van der Waals surface area contributed by atoms with Crippen molar-refractivity contribution in [3.05, 3.63) is 63.8 Å². The second-order valence-electron chi connectivity index (χ2n) is 4.32. The fourth-order valence-electron chi connectivity index (χ4n) is 2.09. The Morgan fingerprint density at radius 2 is 2.00 bits per heavy atom. The predicted octanol–water partition coefficient (Wildman–Crippen LogP) is 4.07. The van der Waals surface area contributed by atoms with Gasteiger partial charge in [0.15, 0.2) is 5.76 Å². The van der Waals surface area contributed by atoms with Gasteiger partial charge in [-0.2, -0.15) is 0 Å². The van der Waals surface area contributed by atoms with Gasteiger partial charge in [-0.15, -0.1) is 0 Å². The zero-order chi connectivity index (χ0) is 14.1. The first kappa shape index (κ1) is 12.9. The van der Waals surface area contributed by atoms with Crippen LogP contribution in [-0.2, 0) is 0 Å². The van der Waals surface area contributed by atoms with E-state index in [1.165, 1.54) is 0 Å². The number of allylic oxidation sites excluding steroid dienone is 1. The summed E-state index contributed by atoms with van der Waals surface area (Å²) in [5, 5.41) is 0. The molecule has 0 N–H and O–H groups in total. The fraction of sp³-hybridized carbons (Fsp3) is 0.0625. The highest BCUT2D eigenvalue weighted by molar-refractivity contribution is 9.10. The third kappa shape index (κ3) is 2.23. The number of carbonyl (C=O) groups excluding carboxylic acids is 1. The summed E-state index contributed by atoms with van der Waals surface area (Å²) in [4.78, 5) is 12.3. The molecule has 0 fully saturated rings. The maximum atomic E-state index is 12.3. The van der Waals surface area contributed by atoms with Gasteiger partial charge in [0.2, 0.25) is 5.78 Å². The third-order valence-electron chi connectivity index (χ3n) is 3.06. The quantitative estimate of drug-likeness (QED) is 0.778. The van der Waals surface area contributed by atoms with Crippen LogP contribution in [0.15, 0.2) is 52.7 Å². The molecule has 0 saturated carbocycles. The van der Waals surface area contributed by atoms with E-state index in [4.69, 9.17) is 9.47 Å². The van der Waals surface area contributed by atoms with Crippen LogP contribution in [0.3, 0.4) is 0 Å². The van der Waals surface area contributed by atoms with Crippen LogP contribution in [0.1, 0.15) is 15.9 Å². The summed E-state index contributed by atoms with van der Waals surface area (Å²) in [5.41, 5.74) is 1.38. The minimum Gasteiger partial charge on any atom is -0.496 e. The van der Waals surface area contributed by atoms with Gasteiger partial charge >= 0.3 is 0 Å². The largest absolute Gasteiger partial charge is 0.496 e. The van der Waals surface area contributed by atoms with E-state index in [1.54, 1.807) is 25.3 Å². The van der Waals surface area contributed by atoms with Crippen LogP contribution in [0.25, 0.3) is 6.08 Å². The SMILES string of the molecule is COc1ccccc1C=C1Oc2ccc(Br)cc2C1=O. The van der Waals surface area contributed by atoms with E-state index in [2.05, 4.69) is 15.9 Å². The second-order valence-corrected chi connectivity index (χ2v) is 5.24. The van der Waals surface area contributed by atoms with Gasteiger partial charge in [-0.1, -0.05) is 34.1 Å². The molecule has 0 amide bonds. The van der Waals surface area contributed by atoms with E-state index in [-0.39, 0.29) is 5.78 Å². The fourth-order valence-corrected chi connectivity index (χ4v) is 2.45. The summed E-state index contributed by atoms with van der Waals surface area (Å²) in [5.74, 6) is 1.47. The molecule has 3 rings (SSSR count). The van der Waals surface area contributed by atoms with E-state index >= 15 is 0 Å². The zero-order valence-corrected chi connectivity index (χ0v) is 12.3. The molecule has 2 aromatic rings. The Hall–Kier alpha value is -2.07. The third-order valence-corrected chi connectivity index (χ3v) is 3.55. The monoisotopic (exact) mass is 330 g/mol. The molecule has 2 aromatic carbocycles. The van der Waals surface area contributed by atoms with Gasteiger partial charge in [-0.05, 0) is 30.3 Å². The summed E-state index contributed by atoms with van der Waals surface area (Å²) < 4.78 is 11.7. The number of ether oxygens (including phenoxy) is 2. The standard InChI is InChI=1S/C16H11BrO3/c1-19-13-5-3-2-4-10(13)8-15-16(18)12-9-11(17)6-7-14(12)20-15/h2-9H,1H3. The van der Waals surface area contributed by atoms with Crippen molar-refractivity contribution < 1.29 is 14.3 Å². The minimum absolute atomic E-state index is 0.118. The number of carbonyl (C=O) groups is 1. The number of methoxy groups -OCH3 is 1. The molecule has 20 heavy (non-hydrogen) atoms. The van der Waals surface area contributed by atoms with Gasteiger partial charge in [0.05, 0.1) is 12.7 Å². The molecule has 1 heterocycles. The molecule has 100 valence electrons. The second kappa shape index (κ2) is 5.13. The van der Waals surface area contributed by atoms with Crippen molar-refractivity contribution in [3.63, 3.8) is 0 Å². The van der Waals surface area contributed by atoms with Crippen molar-refractivity contribution in [2.45, 2.75) is 0 Å². The number of hydrogen-bond acceptors (Lipinski definition) is 3. The highest BCUT2D eigenvalue weighted by atomic mass is 79.9. The molecular weight excluding hydrogens is 320 g/mol. The van der Waals surface area contributed by atoms with E-state index in [0.717, 1.165) is 10.0 Å². The maximum Gasteiger partial charge on any atom is 0.232 e. The summed E-state index contributed by atoms with van der Waals surface area (Å²) in [6.45, 7) is 0. The number of hydrogen-bond donors (Lipinski definition) is 0. The molecule has 0 atom stereocenters. The van der Waals surface area contributed by atoms with Crippen LogP contribution in [0, 0.1) is 0 Å². The number of fused-ring (bicyclic) bond motifs is 1. The lowest BCUT2D eigenvalue weighted by Crippen LogP contribution is -1.98. The molecule has 0 unspecified atom stereocenters. The van der Waals surface area contributed by atoms with E-state index in [9.17, 15) is 4.79 Å².